The zero-order valence-electron chi connectivity index (χ0n) is 13.9. The van der Waals surface area contributed by atoms with Gasteiger partial charge in [0.1, 0.15) is 11.9 Å². The molecule has 1 N–H and O–H groups in total. The number of rotatable bonds is 4. The fourth-order valence-corrected chi connectivity index (χ4v) is 4.55. The number of benzene rings is 1. The minimum Gasteiger partial charge on any atom is -0.488 e. The summed E-state index contributed by atoms with van der Waals surface area (Å²) in [6, 6.07) is 5.65. The summed E-state index contributed by atoms with van der Waals surface area (Å²) < 4.78 is 16.9. The molecule has 1 aromatic rings. The van der Waals surface area contributed by atoms with E-state index in [-0.39, 0.29) is 19.0 Å². The fraction of sp³-hybridized carbons (Fsp3) is 0.684. The second kappa shape index (κ2) is 5.81. The summed E-state index contributed by atoms with van der Waals surface area (Å²) in [5.74, 6) is 4.48. The van der Waals surface area contributed by atoms with E-state index in [4.69, 9.17) is 14.2 Å². The number of hydrogen-bond acceptors (Lipinski definition) is 5. The van der Waals surface area contributed by atoms with E-state index in [0.29, 0.717) is 11.8 Å². The maximum Gasteiger partial charge on any atom is 0.231 e. The van der Waals surface area contributed by atoms with E-state index in [1.54, 1.807) is 0 Å². The average Bonchev–Trinajstić information content (AvgIpc) is 3.11. The molecule has 2 heterocycles. The molecule has 4 aliphatic rings. The molecule has 1 aromatic carbocycles. The maximum absolute atomic E-state index is 10.6. The van der Waals surface area contributed by atoms with Gasteiger partial charge >= 0.3 is 0 Å². The molecule has 1 saturated heterocycles. The highest BCUT2D eigenvalue weighted by atomic mass is 16.7. The predicted octanol–water partition coefficient (Wildman–Crippen LogP) is 2.28. The number of hydrogen-bond donors (Lipinski definition) is 1. The predicted molar refractivity (Wildman–Crippen MR) is 88.4 cm³/mol. The quantitative estimate of drug-likeness (QED) is 0.917. The first kappa shape index (κ1) is 14.8. The summed E-state index contributed by atoms with van der Waals surface area (Å²) >= 11 is 0. The molecule has 0 aromatic heterocycles. The Hall–Kier alpha value is -1.46. The lowest BCUT2D eigenvalue weighted by atomic mass is 9.78. The van der Waals surface area contributed by atoms with Crippen molar-refractivity contribution in [3.05, 3.63) is 18.2 Å². The topological polar surface area (TPSA) is 51.2 Å². The first-order valence-corrected chi connectivity index (χ1v) is 9.21. The van der Waals surface area contributed by atoms with Gasteiger partial charge in [0.15, 0.2) is 11.5 Å². The summed E-state index contributed by atoms with van der Waals surface area (Å²) in [5, 5.41) is 10.6. The van der Waals surface area contributed by atoms with Crippen LogP contribution in [0.25, 0.3) is 0 Å². The van der Waals surface area contributed by atoms with Crippen molar-refractivity contribution in [2.75, 3.05) is 26.4 Å². The molecule has 5 rings (SSSR count). The second-order valence-electron chi connectivity index (χ2n) is 7.89. The monoisotopic (exact) mass is 331 g/mol. The van der Waals surface area contributed by atoms with Crippen molar-refractivity contribution in [3.63, 3.8) is 0 Å². The Kier molecular flexibility index (Phi) is 3.60. The molecule has 24 heavy (non-hydrogen) atoms. The minimum atomic E-state index is -0.377. The van der Waals surface area contributed by atoms with Gasteiger partial charge in [-0.15, -0.1) is 0 Å². The molecule has 4 atom stereocenters. The van der Waals surface area contributed by atoms with Gasteiger partial charge in [0.05, 0.1) is 6.10 Å². The lowest BCUT2D eigenvalue weighted by Gasteiger charge is -2.35. The molecule has 5 heteroatoms. The number of aliphatic hydroxyl groups is 1. The SMILES string of the molecule is O[C@@H]1C[C@H]2CN(CC3CC3)C[C@H]2C[C@H]1Oc1ccc2c(c1)OCO2. The standard InChI is InChI=1S/C19H25NO4/c21-16-5-13-9-20(8-12-1-2-12)10-14(13)6-18(16)24-15-3-4-17-19(7-15)23-11-22-17/h3-4,7,12-14,16,18,21H,1-2,5-6,8-11H2/t13-,14+,16+,18+/m0/s1. The van der Waals surface area contributed by atoms with Crippen LogP contribution in [0, 0.1) is 17.8 Å². The average molecular weight is 331 g/mol. The number of fused-ring (bicyclic) bond motifs is 2. The van der Waals surface area contributed by atoms with Crippen molar-refractivity contribution in [1.29, 1.82) is 0 Å². The van der Waals surface area contributed by atoms with E-state index in [9.17, 15) is 5.11 Å². The van der Waals surface area contributed by atoms with Crippen molar-refractivity contribution in [2.45, 2.75) is 37.9 Å². The maximum atomic E-state index is 10.6. The zero-order chi connectivity index (χ0) is 16.1. The molecule has 2 saturated carbocycles. The zero-order valence-corrected chi connectivity index (χ0v) is 13.9. The highest BCUT2D eigenvalue weighted by Crippen LogP contribution is 2.41. The van der Waals surface area contributed by atoms with Crippen molar-refractivity contribution in [1.82, 2.24) is 4.90 Å². The Balaban J connectivity index is 1.24. The molecule has 0 radical (unpaired) electrons. The Bertz CT molecular complexity index is 617. The van der Waals surface area contributed by atoms with Gasteiger partial charge in [-0.1, -0.05) is 0 Å². The van der Waals surface area contributed by atoms with Gasteiger partial charge in [0, 0.05) is 25.7 Å². The molecule has 0 unspecified atom stereocenters. The molecule has 5 nitrogen and oxygen atoms in total. The number of nitrogens with zero attached hydrogens (tertiary/aromatic N) is 1. The van der Waals surface area contributed by atoms with Crippen molar-refractivity contribution >= 4 is 0 Å². The van der Waals surface area contributed by atoms with Crippen LogP contribution < -0.4 is 14.2 Å². The second-order valence-corrected chi connectivity index (χ2v) is 7.89. The van der Waals surface area contributed by atoms with Crippen LogP contribution in [0.3, 0.4) is 0 Å². The molecule has 0 spiro atoms. The number of aliphatic hydroxyl groups excluding tert-OH is 1. The van der Waals surface area contributed by atoms with Crippen LogP contribution >= 0.6 is 0 Å². The lowest BCUT2D eigenvalue weighted by Crippen LogP contribution is -2.42. The van der Waals surface area contributed by atoms with Gasteiger partial charge in [0.2, 0.25) is 6.79 Å². The minimum absolute atomic E-state index is 0.118. The molecule has 0 amide bonds. The van der Waals surface area contributed by atoms with Gasteiger partial charge < -0.3 is 24.2 Å². The first-order chi connectivity index (χ1) is 11.7. The summed E-state index contributed by atoms with van der Waals surface area (Å²) in [7, 11) is 0. The van der Waals surface area contributed by atoms with E-state index in [1.165, 1.54) is 25.9 Å². The molecular weight excluding hydrogens is 306 g/mol. The lowest BCUT2D eigenvalue weighted by molar-refractivity contribution is -0.0232. The van der Waals surface area contributed by atoms with E-state index in [0.717, 1.165) is 42.6 Å². The smallest absolute Gasteiger partial charge is 0.231 e. The van der Waals surface area contributed by atoms with Gasteiger partial charge in [-0.3, -0.25) is 0 Å². The van der Waals surface area contributed by atoms with Crippen LogP contribution in [0.15, 0.2) is 18.2 Å². The Morgan fingerprint density at radius 1 is 1.08 bits per heavy atom. The van der Waals surface area contributed by atoms with E-state index in [2.05, 4.69) is 4.90 Å². The van der Waals surface area contributed by atoms with Crippen LogP contribution in [0.4, 0.5) is 0 Å². The third-order valence-electron chi connectivity index (χ3n) is 6.01. The van der Waals surface area contributed by atoms with Crippen LogP contribution in [-0.4, -0.2) is 48.6 Å². The third-order valence-corrected chi connectivity index (χ3v) is 6.01. The number of ether oxygens (including phenoxy) is 3. The van der Waals surface area contributed by atoms with Crippen molar-refractivity contribution < 1.29 is 19.3 Å². The van der Waals surface area contributed by atoms with Gasteiger partial charge in [-0.25, -0.2) is 0 Å². The highest BCUT2D eigenvalue weighted by Gasteiger charge is 2.43. The first-order valence-electron chi connectivity index (χ1n) is 9.21. The molecule has 0 bridgehead atoms. The van der Waals surface area contributed by atoms with Crippen LogP contribution in [-0.2, 0) is 0 Å². The summed E-state index contributed by atoms with van der Waals surface area (Å²) in [6.45, 7) is 3.87. The normalized spacial score (nSPS) is 35.0. The Morgan fingerprint density at radius 3 is 2.71 bits per heavy atom. The summed E-state index contributed by atoms with van der Waals surface area (Å²) in [5.41, 5.74) is 0. The van der Waals surface area contributed by atoms with Gasteiger partial charge in [0.25, 0.3) is 0 Å². The third kappa shape index (κ3) is 2.84. The number of likely N-dealkylation sites (tertiary alicyclic amines) is 1. The molecular formula is C19H25NO4. The van der Waals surface area contributed by atoms with E-state index < -0.39 is 0 Å². The van der Waals surface area contributed by atoms with Crippen LogP contribution in [0.1, 0.15) is 25.7 Å². The van der Waals surface area contributed by atoms with E-state index in [1.807, 2.05) is 18.2 Å². The van der Waals surface area contributed by atoms with Gasteiger partial charge in [-0.05, 0) is 55.6 Å². The van der Waals surface area contributed by atoms with E-state index >= 15 is 0 Å². The van der Waals surface area contributed by atoms with Crippen LogP contribution in [0.2, 0.25) is 0 Å². The molecule has 2 aliphatic heterocycles. The fourth-order valence-electron chi connectivity index (χ4n) is 4.55. The highest BCUT2D eigenvalue weighted by molar-refractivity contribution is 5.46. The van der Waals surface area contributed by atoms with Gasteiger partial charge in [-0.2, -0.15) is 0 Å². The van der Waals surface area contributed by atoms with Crippen molar-refractivity contribution in [2.24, 2.45) is 17.8 Å². The Morgan fingerprint density at radius 2 is 1.88 bits per heavy atom. The van der Waals surface area contributed by atoms with Crippen molar-refractivity contribution in [3.8, 4) is 17.2 Å². The molecule has 130 valence electrons. The van der Waals surface area contributed by atoms with Crippen LogP contribution in [0.5, 0.6) is 17.2 Å². The Labute approximate surface area is 142 Å². The largest absolute Gasteiger partial charge is 0.488 e. The summed E-state index contributed by atoms with van der Waals surface area (Å²) in [6.07, 6.45) is 4.13. The summed E-state index contributed by atoms with van der Waals surface area (Å²) in [4.78, 5) is 2.61. The molecule has 2 aliphatic carbocycles. The molecule has 3 fully saturated rings.